The number of hydrogen-bond acceptors (Lipinski definition) is 4. The Bertz CT molecular complexity index is 726. The van der Waals surface area contributed by atoms with Crippen molar-refractivity contribution in [1.82, 2.24) is 9.55 Å². The number of nitrogens with zero attached hydrogens (tertiary/aromatic N) is 2. The van der Waals surface area contributed by atoms with Crippen LogP contribution in [0.1, 0.15) is 30.7 Å². The summed E-state index contributed by atoms with van der Waals surface area (Å²) in [5.74, 6) is 0.574. The molecule has 2 aromatic rings. The van der Waals surface area contributed by atoms with E-state index in [1.54, 1.807) is 6.08 Å². The van der Waals surface area contributed by atoms with Gasteiger partial charge in [0.25, 0.3) is 0 Å². The zero-order chi connectivity index (χ0) is 15.0. The first-order valence-electron chi connectivity index (χ1n) is 7.05. The predicted octanol–water partition coefficient (Wildman–Crippen LogP) is 2.10. The van der Waals surface area contributed by atoms with Crippen LogP contribution in [0.4, 0.5) is 0 Å². The molecule has 5 heteroatoms. The summed E-state index contributed by atoms with van der Waals surface area (Å²) >= 11 is 0. The average Bonchev–Trinajstić information content (AvgIpc) is 2.79. The van der Waals surface area contributed by atoms with Crippen molar-refractivity contribution >= 4 is 23.1 Å². The Morgan fingerprint density at radius 1 is 1.48 bits per heavy atom. The third kappa shape index (κ3) is 2.34. The Morgan fingerprint density at radius 3 is 2.86 bits per heavy atom. The second-order valence-electron chi connectivity index (χ2n) is 5.61. The highest BCUT2D eigenvalue weighted by Crippen LogP contribution is 2.39. The molecule has 1 aliphatic rings. The van der Waals surface area contributed by atoms with Crippen molar-refractivity contribution in [3.05, 3.63) is 35.7 Å². The fraction of sp³-hybridized carbons (Fsp3) is 0.375. The number of aryl methyl sites for hydroxylation is 1. The standard InChI is InChI=1S/C16H19N3O2/c1-19-13-6-4-11(5-7-14(20)21-2)10-12(13)18-15(19)16(17)8-3-9-16/h4-7,10H,3,8-9,17H2,1-2H3. The normalized spacial score (nSPS) is 17.1. The van der Waals surface area contributed by atoms with Crippen molar-refractivity contribution < 1.29 is 9.53 Å². The second kappa shape index (κ2) is 5.00. The van der Waals surface area contributed by atoms with Crippen LogP contribution in [0.5, 0.6) is 0 Å². The van der Waals surface area contributed by atoms with E-state index in [9.17, 15) is 4.79 Å². The molecule has 1 aromatic carbocycles. The van der Waals surface area contributed by atoms with Crippen LogP contribution in [0, 0.1) is 0 Å². The first-order valence-corrected chi connectivity index (χ1v) is 7.05. The van der Waals surface area contributed by atoms with Gasteiger partial charge in [0.1, 0.15) is 5.82 Å². The zero-order valence-corrected chi connectivity index (χ0v) is 12.3. The molecule has 1 fully saturated rings. The maximum atomic E-state index is 11.1. The highest BCUT2D eigenvalue weighted by Gasteiger charge is 2.38. The summed E-state index contributed by atoms with van der Waals surface area (Å²) in [6.07, 6.45) is 6.26. The molecule has 1 aliphatic carbocycles. The van der Waals surface area contributed by atoms with Crippen molar-refractivity contribution in [2.24, 2.45) is 12.8 Å². The van der Waals surface area contributed by atoms with E-state index >= 15 is 0 Å². The van der Waals surface area contributed by atoms with Gasteiger partial charge in [-0.2, -0.15) is 0 Å². The number of fused-ring (bicyclic) bond motifs is 1. The highest BCUT2D eigenvalue weighted by atomic mass is 16.5. The molecule has 0 atom stereocenters. The summed E-state index contributed by atoms with van der Waals surface area (Å²) in [5.41, 5.74) is 8.97. The summed E-state index contributed by atoms with van der Waals surface area (Å²) in [4.78, 5) is 15.8. The highest BCUT2D eigenvalue weighted by molar-refractivity contribution is 5.88. The number of methoxy groups -OCH3 is 1. The van der Waals surface area contributed by atoms with Crippen LogP contribution in [0.15, 0.2) is 24.3 Å². The number of carbonyl (C=O) groups is 1. The van der Waals surface area contributed by atoms with Crippen molar-refractivity contribution in [2.75, 3.05) is 7.11 Å². The number of hydrogen-bond donors (Lipinski definition) is 1. The molecular formula is C16H19N3O2. The van der Waals surface area contributed by atoms with Gasteiger partial charge in [-0.1, -0.05) is 6.07 Å². The van der Waals surface area contributed by atoms with Gasteiger partial charge in [-0.05, 0) is 43.0 Å². The number of esters is 1. The Labute approximate surface area is 123 Å². The molecule has 0 spiro atoms. The minimum atomic E-state index is -0.368. The molecule has 0 amide bonds. The van der Waals surface area contributed by atoms with Crippen molar-refractivity contribution in [3.8, 4) is 0 Å². The summed E-state index contributed by atoms with van der Waals surface area (Å²) < 4.78 is 6.66. The molecular weight excluding hydrogens is 266 g/mol. The molecule has 1 saturated carbocycles. The summed E-state index contributed by atoms with van der Waals surface area (Å²) in [6, 6.07) is 5.92. The zero-order valence-electron chi connectivity index (χ0n) is 12.3. The van der Waals surface area contributed by atoms with Crippen LogP contribution < -0.4 is 5.73 Å². The van der Waals surface area contributed by atoms with E-state index in [1.807, 2.05) is 25.2 Å². The average molecular weight is 285 g/mol. The van der Waals surface area contributed by atoms with Gasteiger partial charge in [0.2, 0.25) is 0 Å². The first kappa shape index (κ1) is 13.8. The molecule has 0 unspecified atom stereocenters. The first-order chi connectivity index (χ1) is 10.0. The largest absolute Gasteiger partial charge is 0.466 e. The molecule has 0 saturated heterocycles. The lowest BCUT2D eigenvalue weighted by atomic mass is 9.77. The maximum absolute atomic E-state index is 11.1. The Kier molecular flexibility index (Phi) is 3.29. The van der Waals surface area contributed by atoms with E-state index in [1.165, 1.54) is 13.2 Å². The third-order valence-electron chi connectivity index (χ3n) is 4.21. The number of imidazole rings is 1. The second-order valence-corrected chi connectivity index (χ2v) is 5.61. The smallest absolute Gasteiger partial charge is 0.330 e. The maximum Gasteiger partial charge on any atom is 0.330 e. The van der Waals surface area contributed by atoms with Gasteiger partial charge in [0.15, 0.2) is 0 Å². The molecule has 3 rings (SSSR count). The fourth-order valence-corrected chi connectivity index (χ4v) is 2.78. The van der Waals surface area contributed by atoms with Crippen molar-refractivity contribution in [2.45, 2.75) is 24.8 Å². The van der Waals surface area contributed by atoms with Gasteiger partial charge in [-0.25, -0.2) is 9.78 Å². The fourth-order valence-electron chi connectivity index (χ4n) is 2.78. The van der Waals surface area contributed by atoms with Crippen LogP contribution >= 0.6 is 0 Å². The Morgan fingerprint density at radius 2 is 2.24 bits per heavy atom. The lowest BCUT2D eigenvalue weighted by molar-refractivity contribution is -0.134. The van der Waals surface area contributed by atoms with Crippen LogP contribution in [0.3, 0.4) is 0 Å². The third-order valence-corrected chi connectivity index (χ3v) is 4.21. The summed E-state index contributed by atoms with van der Waals surface area (Å²) in [6.45, 7) is 0. The van der Waals surface area contributed by atoms with Crippen molar-refractivity contribution in [1.29, 1.82) is 0 Å². The van der Waals surface area contributed by atoms with E-state index in [2.05, 4.69) is 9.30 Å². The molecule has 0 bridgehead atoms. The number of aromatic nitrogens is 2. The van der Waals surface area contributed by atoms with E-state index in [-0.39, 0.29) is 11.5 Å². The minimum Gasteiger partial charge on any atom is -0.466 e. The molecule has 110 valence electrons. The van der Waals surface area contributed by atoms with Gasteiger partial charge in [-0.3, -0.25) is 0 Å². The van der Waals surface area contributed by atoms with Crippen LogP contribution in [-0.4, -0.2) is 22.6 Å². The van der Waals surface area contributed by atoms with E-state index < -0.39 is 0 Å². The SMILES string of the molecule is COC(=O)C=Cc1ccc2c(c1)nc(C1(N)CCC1)n2C. The van der Waals surface area contributed by atoms with Crippen LogP contribution in [0.2, 0.25) is 0 Å². The molecule has 21 heavy (non-hydrogen) atoms. The van der Waals surface area contributed by atoms with Gasteiger partial charge in [0, 0.05) is 13.1 Å². The number of ether oxygens (including phenoxy) is 1. The van der Waals surface area contributed by atoms with Crippen LogP contribution in [0.25, 0.3) is 17.1 Å². The lowest BCUT2D eigenvalue weighted by Crippen LogP contribution is -2.45. The van der Waals surface area contributed by atoms with E-state index in [0.717, 1.165) is 41.7 Å². The number of rotatable bonds is 3. The number of benzene rings is 1. The monoisotopic (exact) mass is 285 g/mol. The molecule has 1 aromatic heterocycles. The van der Waals surface area contributed by atoms with E-state index in [0.29, 0.717) is 0 Å². The van der Waals surface area contributed by atoms with Gasteiger partial charge >= 0.3 is 5.97 Å². The van der Waals surface area contributed by atoms with Crippen molar-refractivity contribution in [3.63, 3.8) is 0 Å². The number of carbonyl (C=O) groups excluding carboxylic acids is 1. The molecule has 5 nitrogen and oxygen atoms in total. The predicted molar refractivity (Wildman–Crippen MR) is 81.5 cm³/mol. The lowest BCUT2D eigenvalue weighted by Gasteiger charge is -2.37. The summed E-state index contributed by atoms with van der Waals surface area (Å²) in [7, 11) is 3.36. The van der Waals surface area contributed by atoms with E-state index in [4.69, 9.17) is 10.7 Å². The Balaban J connectivity index is 1.99. The topological polar surface area (TPSA) is 70.1 Å². The minimum absolute atomic E-state index is 0.282. The molecule has 1 heterocycles. The Hall–Kier alpha value is -2.14. The van der Waals surface area contributed by atoms with Crippen LogP contribution in [-0.2, 0) is 22.1 Å². The van der Waals surface area contributed by atoms with Gasteiger partial charge in [0.05, 0.1) is 23.7 Å². The van der Waals surface area contributed by atoms with Gasteiger partial charge in [-0.15, -0.1) is 0 Å². The summed E-state index contributed by atoms with van der Waals surface area (Å²) in [5, 5.41) is 0. The number of nitrogens with two attached hydrogens (primary N) is 1. The quantitative estimate of drug-likeness (QED) is 0.692. The van der Waals surface area contributed by atoms with Gasteiger partial charge < -0.3 is 15.0 Å². The molecule has 2 N–H and O–H groups in total. The molecule has 0 radical (unpaired) electrons. The molecule has 0 aliphatic heterocycles.